The Hall–Kier alpha value is -2.42. The zero-order valence-electron chi connectivity index (χ0n) is 12.2. The van der Waals surface area contributed by atoms with Crippen molar-refractivity contribution in [1.82, 2.24) is 19.7 Å². The summed E-state index contributed by atoms with van der Waals surface area (Å²) in [4.78, 5) is 22.8. The minimum atomic E-state index is -1.27. The molecule has 0 aliphatic rings. The van der Waals surface area contributed by atoms with Gasteiger partial charge in [0.1, 0.15) is 6.33 Å². The molecule has 7 nitrogen and oxygen atoms in total. The highest BCUT2D eigenvalue weighted by molar-refractivity contribution is 9.10. The maximum Gasteiger partial charge on any atom is 0.404 e. The Bertz CT molecular complexity index is 813. The maximum absolute atomic E-state index is 12.8. The zero-order chi connectivity index (χ0) is 17.0. The van der Waals surface area contributed by atoms with Crippen LogP contribution in [-0.2, 0) is 6.54 Å². The third kappa shape index (κ3) is 3.86. The number of carboxylic acid groups (broad SMARTS) is 1. The fraction of sp³-hybridized carbons (Fsp3) is 0.214. The fourth-order valence-electron chi connectivity index (χ4n) is 1.98. The van der Waals surface area contributed by atoms with Gasteiger partial charge in [-0.25, -0.2) is 23.2 Å². The molecule has 0 aliphatic carbocycles. The molecule has 0 atom stereocenters. The van der Waals surface area contributed by atoms with Crippen molar-refractivity contribution in [3.05, 3.63) is 56.9 Å². The highest BCUT2D eigenvalue weighted by Gasteiger charge is 2.12. The molecule has 1 amide bonds. The van der Waals surface area contributed by atoms with Crippen LogP contribution in [0.3, 0.4) is 0 Å². The molecule has 1 aromatic heterocycles. The van der Waals surface area contributed by atoms with Crippen molar-refractivity contribution >= 4 is 22.0 Å². The van der Waals surface area contributed by atoms with Crippen LogP contribution in [0.2, 0.25) is 0 Å². The van der Waals surface area contributed by atoms with E-state index in [2.05, 4.69) is 21.0 Å². The van der Waals surface area contributed by atoms with Crippen LogP contribution in [0.25, 0.3) is 5.69 Å². The molecule has 1 aromatic carbocycles. The first kappa shape index (κ1) is 16.9. The molecule has 1 heterocycles. The molecular formula is C14H14BrFN4O3. The minimum Gasteiger partial charge on any atom is -0.465 e. The van der Waals surface area contributed by atoms with Crippen molar-refractivity contribution in [2.45, 2.75) is 13.5 Å². The summed E-state index contributed by atoms with van der Waals surface area (Å²) in [6.07, 6.45) is 0.343. The molecule has 0 saturated heterocycles. The molecule has 2 rings (SSSR count). The lowest BCUT2D eigenvalue weighted by Crippen LogP contribution is -2.29. The summed E-state index contributed by atoms with van der Waals surface area (Å²) >= 11 is 3.40. The average Bonchev–Trinajstić information content (AvgIpc) is 2.87. The first-order chi connectivity index (χ1) is 10.9. The second-order valence-corrected chi connectivity index (χ2v) is 5.61. The number of aromatic nitrogens is 3. The van der Waals surface area contributed by atoms with Crippen LogP contribution >= 0.6 is 15.9 Å². The number of carbonyl (C=O) groups is 1. The van der Waals surface area contributed by atoms with E-state index in [1.54, 1.807) is 12.1 Å². The molecule has 0 aliphatic heterocycles. The monoisotopic (exact) mass is 384 g/mol. The second kappa shape index (κ2) is 7.23. The van der Waals surface area contributed by atoms with E-state index in [4.69, 9.17) is 5.11 Å². The molecule has 122 valence electrons. The lowest BCUT2D eigenvalue weighted by atomic mass is 10.2. The second-order valence-electron chi connectivity index (χ2n) is 4.75. The highest BCUT2D eigenvalue weighted by atomic mass is 79.9. The van der Waals surface area contributed by atoms with Crippen LogP contribution in [0.5, 0.6) is 0 Å². The molecule has 0 spiro atoms. The molecule has 0 saturated carbocycles. The Morgan fingerprint density at radius 2 is 2.26 bits per heavy atom. The van der Waals surface area contributed by atoms with Gasteiger partial charge in [-0.05, 0) is 30.2 Å². The summed E-state index contributed by atoms with van der Waals surface area (Å²) in [6.45, 7) is 1.49. The van der Waals surface area contributed by atoms with Crippen LogP contribution in [0.4, 0.5) is 9.18 Å². The standard InChI is InChI=1S/C14H14BrFN4O3/c1-9-11(15)3-2-4-12(9)19-8-18-20(14(19)23)7-10(5-16)6-17-13(21)22/h2-5,8,17H,6-7H2,1H3,(H,21,22). The summed E-state index contributed by atoms with van der Waals surface area (Å²) in [5.74, 6) is 0. The van der Waals surface area contributed by atoms with Crippen molar-refractivity contribution in [3.63, 3.8) is 0 Å². The van der Waals surface area contributed by atoms with Crippen molar-refractivity contribution in [1.29, 1.82) is 0 Å². The third-order valence-electron chi connectivity index (χ3n) is 3.21. The van der Waals surface area contributed by atoms with Gasteiger partial charge >= 0.3 is 11.8 Å². The minimum absolute atomic E-state index is 0.0886. The maximum atomic E-state index is 12.8. The number of hydrogen-bond donors (Lipinski definition) is 2. The molecule has 0 fully saturated rings. The number of amides is 1. The Kier molecular flexibility index (Phi) is 5.32. The normalized spacial score (nSPS) is 11.5. The van der Waals surface area contributed by atoms with Gasteiger partial charge in [-0.15, -0.1) is 0 Å². The first-order valence-corrected chi connectivity index (χ1v) is 7.38. The van der Waals surface area contributed by atoms with Gasteiger partial charge in [-0.3, -0.25) is 0 Å². The first-order valence-electron chi connectivity index (χ1n) is 6.59. The van der Waals surface area contributed by atoms with Gasteiger partial charge in [0, 0.05) is 11.0 Å². The molecular weight excluding hydrogens is 371 g/mol. The van der Waals surface area contributed by atoms with Crippen LogP contribution in [0.15, 0.2) is 45.7 Å². The fourth-order valence-corrected chi connectivity index (χ4v) is 2.33. The average molecular weight is 385 g/mol. The summed E-state index contributed by atoms with van der Waals surface area (Å²) in [7, 11) is 0. The van der Waals surface area contributed by atoms with Gasteiger partial charge in [-0.2, -0.15) is 5.10 Å². The number of nitrogens with zero attached hydrogens (tertiary/aromatic N) is 3. The SMILES string of the molecule is Cc1c(Br)cccc1-n1cnn(CC(=CF)CNC(=O)O)c1=O. The van der Waals surface area contributed by atoms with E-state index in [0.717, 1.165) is 14.7 Å². The number of halogens is 2. The third-order valence-corrected chi connectivity index (χ3v) is 4.06. The highest BCUT2D eigenvalue weighted by Crippen LogP contribution is 2.21. The molecule has 2 N–H and O–H groups in total. The van der Waals surface area contributed by atoms with Crippen molar-refractivity contribution in [2.75, 3.05) is 6.54 Å². The van der Waals surface area contributed by atoms with Crippen LogP contribution in [-0.4, -0.2) is 32.1 Å². The quantitative estimate of drug-likeness (QED) is 0.826. The molecule has 2 aromatic rings. The number of hydrogen-bond acceptors (Lipinski definition) is 3. The van der Waals surface area contributed by atoms with Gasteiger partial charge in [0.15, 0.2) is 0 Å². The molecule has 0 bridgehead atoms. The van der Waals surface area contributed by atoms with E-state index >= 15 is 0 Å². The molecule has 0 radical (unpaired) electrons. The predicted octanol–water partition coefficient (Wildman–Crippen LogP) is 2.23. The van der Waals surface area contributed by atoms with E-state index in [1.807, 2.05) is 18.3 Å². The Morgan fingerprint density at radius 3 is 2.91 bits per heavy atom. The van der Waals surface area contributed by atoms with E-state index in [-0.39, 0.29) is 25.0 Å². The Balaban J connectivity index is 2.28. The van der Waals surface area contributed by atoms with Gasteiger partial charge < -0.3 is 10.4 Å². The summed E-state index contributed by atoms with van der Waals surface area (Å²) in [5.41, 5.74) is 1.17. The van der Waals surface area contributed by atoms with E-state index < -0.39 is 11.8 Å². The van der Waals surface area contributed by atoms with Crippen LogP contribution in [0.1, 0.15) is 5.56 Å². The van der Waals surface area contributed by atoms with Gasteiger partial charge in [0.2, 0.25) is 0 Å². The lowest BCUT2D eigenvalue weighted by molar-refractivity contribution is 0.195. The molecule has 0 unspecified atom stereocenters. The zero-order valence-corrected chi connectivity index (χ0v) is 13.7. The molecule has 9 heteroatoms. The predicted molar refractivity (Wildman–Crippen MR) is 85.5 cm³/mol. The van der Waals surface area contributed by atoms with Crippen molar-refractivity contribution < 1.29 is 14.3 Å². The Morgan fingerprint density at radius 1 is 1.52 bits per heavy atom. The van der Waals surface area contributed by atoms with Crippen LogP contribution in [0, 0.1) is 6.92 Å². The van der Waals surface area contributed by atoms with E-state index in [1.165, 1.54) is 10.9 Å². The largest absolute Gasteiger partial charge is 0.465 e. The molecule has 23 heavy (non-hydrogen) atoms. The smallest absolute Gasteiger partial charge is 0.404 e. The van der Waals surface area contributed by atoms with E-state index in [0.29, 0.717) is 5.69 Å². The van der Waals surface area contributed by atoms with Gasteiger partial charge in [0.05, 0.1) is 18.6 Å². The number of nitrogens with one attached hydrogen (secondary N) is 1. The van der Waals surface area contributed by atoms with Gasteiger partial charge in [-0.1, -0.05) is 22.0 Å². The van der Waals surface area contributed by atoms with Crippen molar-refractivity contribution in [3.8, 4) is 5.69 Å². The summed E-state index contributed by atoms with van der Waals surface area (Å²) in [6, 6.07) is 5.42. The van der Waals surface area contributed by atoms with Gasteiger partial charge in [0.25, 0.3) is 0 Å². The number of benzene rings is 1. The van der Waals surface area contributed by atoms with E-state index in [9.17, 15) is 14.0 Å². The number of rotatable bonds is 5. The van der Waals surface area contributed by atoms with Crippen LogP contribution < -0.4 is 11.0 Å². The lowest BCUT2D eigenvalue weighted by Gasteiger charge is -2.07. The topological polar surface area (TPSA) is 89.2 Å². The Labute approximate surface area is 139 Å². The summed E-state index contributed by atoms with van der Waals surface area (Å²) in [5, 5.41) is 14.5. The van der Waals surface area contributed by atoms with Crippen molar-refractivity contribution in [2.24, 2.45) is 0 Å². The summed E-state index contributed by atoms with van der Waals surface area (Å²) < 4.78 is 16.1.